The maximum Gasteiger partial charge on any atom is 0.247 e. The first-order valence-electron chi connectivity index (χ1n) is 8.37. The Balaban J connectivity index is 1.39. The second kappa shape index (κ2) is 5.33. The van der Waals surface area contributed by atoms with Crippen molar-refractivity contribution < 1.29 is 13.9 Å². The zero-order valence-electron chi connectivity index (χ0n) is 13.2. The Kier molecular flexibility index (Phi) is 3.44. The lowest BCUT2D eigenvalue weighted by Gasteiger charge is -2.31. The SMILES string of the molecule is CC(C)c1nnc([C@@H]2CN(C(=O)[C@H]3C[C@H]3C3CC3)CCO2)o1. The van der Waals surface area contributed by atoms with Gasteiger partial charge in [-0.05, 0) is 31.1 Å². The largest absolute Gasteiger partial charge is 0.422 e. The van der Waals surface area contributed by atoms with Crippen LogP contribution < -0.4 is 0 Å². The van der Waals surface area contributed by atoms with Gasteiger partial charge in [-0.1, -0.05) is 13.8 Å². The van der Waals surface area contributed by atoms with Crippen LogP contribution in [0.1, 0.15) is 56.9 Å². The Bertz CT molecular complexity index is 567. The summed E-state index contributed by atoms with van der Waals surface area (Å²) in [6.45, 7) is 5.78. The Morgan fingerprint density at radius 3 is 2.82 bits per heavy atom. The second-order valence-corrected chi connectivity index (χ2v) is 7.12. The third-order valence-electron chi connectivity index (χ3n) is 4.99. The molecule has 22 heavy (non-hydrogen) atoms. The molecule has 3 aliphatic rings. The van der Waals surface area contributed by atoms with E-state index in [0.29, 0.717) is 43.3 Å². The summed E-state index contributed by atoms with van der Waals surface area (Å²) in [5.41, 5.74) is 0. The van der Waals surface area contributed by atoms with Gasteiger partial charge >= 0.3 is 0 Å². The van der Waals surface area contributed by atoms with Crippen molar-refractivity contribution in [2.45, 2.75) is 45.1 Å². The molecule has 0 radical (unpaired) electrons. The molecule has 1 aromatic rings. The number of aromatic nitrogens is 2. The van der Waals surface area contributed by atoms with Crippen LogP contribution in [0.3, 0.4) is 0 Å². The normalized spacial score (nSPS) is 31.6. The van der Waals surface area contributed by atoms with Crippen molar-refractivity contribution in [3.8, 4) is 0 Å². The Morgan fingerprint density at radius 2 is 2.14 bits per heavy atom. The predicted molar refractivity (Wildman–Crippen MR) is 78.0 cm³/mol. The monoisotopic (exact) mass is 305 g/mol. The molecule has 0 bridgehead atoms. The third kappa shape index (κ3) is 2.64. The van der Waals surface area contributed by atoms with Crippen molar-refractivity contribution >= 4 is 5.91 Å². The van der Waals surface area contributed by atoms with E-state index < -0.39 is 0 Å². The van der Waals surface area contributed by atoms with Gasteiger partial charge < -0.3 is 14.1 Å². The van der Waals surface area contributed by atoms with Gasteiger partial charge in [0.25, 0.3) is 0 Å². The Hall–Kier alpha value is -1.43. The number of hydrogen-bond acceptors (Lipinski definition) is 5. The van der Waals surface area contributed by atoms with Crippen LogP contribution in [0.4, 0.5) is 0 Å². The summed E-state index contributed by atoms with van der Waals surface area (Å²) in [7, 11) is 0. The molecule has 4 rings (SSSR count). The van der Waals surface area contributed by atoms with Gasteiger partial charge in [-0.2, -0.15) is 0 Å². The first-order chi connectivity index (χ1) is 10.6. The minimum absolute atomic E-state index is 0.202. The van der Waals surface area contributed by atoms with E-state index in [4.69, 9.17) is 9.15 Å². The molecule has 3 atom stereocenters. The standard InChI is InChI=1S/C16H23N3O3/c1-9(2)14-17-18-15(22-14)13-8-19(5-6-21-13)16(20)12-7-11(12)10-3-4-10/h9-13H,3-8H2,1-2H3/t11-,12-,13-/m0/s1. The van der Waals surface area contributed by atoms with E-state index in [1.807, 2.05) is 18.7 Å². The van der Waals surface area contributed by atoms with E-state index in [-0.39, 0.29) is 17.9 Å². The molecule has 0 aromatic carbocycles. The highest BCUT2D eigenvalue weighted by Gasteiger charge is 2.52. The zero-order valence-corrected chi connectivity index (χ0v) is 13.2. The fourth-order valence-electron chi connectivity index (χ4n) is 3.39. The van der Waals surface area contributed by atoms with Crippen LogP contribution in [-0.2, 0) is 9.53 Å². The van der Waals surface area contributed by atoms with E-state index in [0.717, 1.165) is 12.3 Å². The number of carbonyl (C=O) groups excluding carboxylic acids is 1. The van der Waals surface area contributed by atoms with E-state index in [2.05, 4.69) is 10.2 Å². The minimum atomic E-state index is -0.282. The van der Waals surface area contributed by atoms with Gasteiger partial charge in [0.05, 0.1) is 13.2 Å². The van der Waals surface area contributed by atoms with Crippen molar-refractivity contribution in [2.75, 3.05) is 19.7 Å². The molecule has 2 saturated carbocycles. The summed E-state index contributed by atoms with van der Waals surface area (Å²) in [5, 5.41) is 8.14. The molecule has 6 heteroatoms. The number of carbonyl (C=O) groups is 1. The first-order valence-corrected chi connectivity index (χ1v) is 8.37. The van der Waals surface area contributed by atoms with Crippen LogP contribution in [0.2, 0.25) is 0 Å². The molecule has 6 nitrogen and oxygen atoms in total. The number of morpholine rings is 1. The Morgan fingerprint density at radius 1 is 1.32 bits per heavy atom. The lowest BCUT2D eigenvalue weighted by Crippen LogP contribution is -2.43. The van der Waals surface area contributed by atoms with Gasteiger partial charge in [-0.25, -0.2) is 0 Å². The maximum atomic E-state index is 12.6. The molecule has 1 aromatic heterocycles. The third-order valence-corrected chi connectivity index (χ3v) is 4.99. The molecule has 120 valence electrons. The smallest absolute Gasteiger partial charge is 0.247 e. The summed E-state index contributed by atoms with van der Waals surface area (Å²) in [6.07, 6.45) is 3.44. The molecule has 0 N–H and O–H groups in total. The van der Waals surface area contributed by atoms with Gasteiger partial charge in [0.1, 0.15) is 0 Å². The summed E-state index contributed by atoms with van der Waals surface area (Å²) >= 11 is 0. The van der Waals surface area contributed by atoms with Crippen LogP contribution in [-0.4, -0.2) is 40.7 Å². The van der Waals surface area contributed by atoms with Crippen molar-refractivity contribution in [2.24, 2.45) is 17.8 Å². The molecule has 1 amide bonds. The molecule has 0 unspecified atom stereocenters. The zero-order chi connectivity index (χ0) is 15.3. The highest BCUT2D eigenvalue weighted by Crippen LogP contribution is 2.55. The van der Waals surface area contributed by atoms with E-state index in [1.54, 1.807) is 0 Å². The van der Waals surface area contributed by atoms with Gasteiger partial charge in [0.15, 0.2) is 6.10 Å². The number of nitrogens with zero attached hydrogens (tertiary/aromatic N) is 3. The van der Waals surface area contributed by atoms with Crippen LogP contribution in [0.25, 0.3) is 0 Å². The van der Waals surface area contributed by atoms with Crippen LogP contribution in [0.15, 0.2) is 4.42 Å². The molecular weight excluding hydrogens is 282 g/mol. The second-order valence-electron chi connectivity index (χ2n) is 7.12. The van der Waals surface area contributed by atoms with E-state index in [1.165, 1.54) is 12.8 Å². The number of rotatable bonds is 4. The molecule has 1 saturated heterocycles. The average molecular weight is 305 g/mol. The van der Waals surface area contributed by atoms with Crippen molar-refractivity contribution in [1.82, 2.24) is 15.1 Å². The van der Waals surface area contributed by atoms with E-state index in [9.17, 15) is 4.79 Å². The summed E-state index contributed by atoms with van der Waals surface area (Å²) < 4.78 is 11.4. The molecule has 2 aliphatic carbocycles. The van der Waals surface area contributed by atoms with Gasteiger partial charge in [-0.3, -0.25) is 4.79 Å². The lowest BCUT2D eigenvalue weighted by atomic mass is 10.2. The van der Waals surface area contributed by atoms with Gasteiger partial charge in [0, 0.05) is 18.4 Å². The maximum absolute atomic E-state index is 12.6. The topological polar surface area (TPSA) is 68.5 Å². The van der Waals surface area contributed by atoms with Crippen molar-refractivity contribution in [3.05, 3.63) is 11.8 Å². The molecule has 2 heterocycles. The number of amides is 1. The van der Waals surface area contributed by atoms with Crippen molar-refractivity contribution in [3.63, 3.8) is 0 Å². The average Bonchev–Trinajstić information content (AvgIpc) is 3.42. The molecular formula is C16H23N3O3. The number of ether oxygens (including phenoxy) is 1. The van der Waals surface area contributed by atoms with Gasteiger partial charge in [0.2, 0.25) is 17.7 Å². The number of hydrogen-bond donors (Lipinski definition) is 0. The fourth-order valence-corrected chi connectivity index (χ4v) is 3.39. The quantitative estimate of drug-likeness (QED) is 0.852. The van der Waals surface area contributed by atoms with Crippen LogP contribution in [0.5, 0.6) is 0 Å². The highest BCUT2D eigenvalue weighted by molar-refractivity contribution is 5.82. The summed E-state index contributed by atoms with van der Waals surface area (Å²) in [5.74, 6) is 3.37. The fraction of sp³-hybridized carbons (Fsp3) is 0.812. The predicted octanol–water partition coefficient (Wildman–Crippen LogP) is 2.14. The summed E-state index contributed by atoms with van der Waals surface area (Å²) in [6, 6.07) is 0. The lowest BCUT2D eigenvalue weighted by molar-refractivity contribution is -0.141. The highest BCUT2D eigenvalue weighted by atomic mass is 16.5. The molecule has 3 fully saturated rings. The molecule has 0 spiro atoms. The Labute approximate surface area is 130 Å². The molecule has 1 aliphatic heterocycles. The van der Waals surface area contributed by atoms with E-state index >= 15 is 0 Å². The first kappa shape index (κ1) is 14.2. The minimum Gasteiger partial charge on any atom is -0.422 e. The van der Waals surface area contributed by atoms with Gasteiger partial charge in [-0.15, -0.1) is 10.2 Å². The van der Waals surface area contributed by atoms with Crippen LogP contribution >= 0.6 is 0 Å². The van der Waals surface area contributed by atoms with Crippen molar-refractivity contribution in [1.29, 1.82) is 0 Å². The van der Waals surface area contributed by atoms with Crippen LogP contribution in [0, 0.1) is 17.8 Å². The summed E-state index contributed by atoms with van der Waals surface area (Å²) in [4.78, 5) is 14.5.